The minimum atomic E-state index is -0.105. The molecule has 0 aromatic heterocycles. The molecule has 1 amide bonds. The molecule has 0 bridgehead atoms. The molecular weight excluding hydrogens is 358 g/mol. The van der Waals surface area contributed by atoms with E-state index in [1.807, 2.05) is 49.4 Å². The van der Waals surface area contributed by atoms with E-state index in [1.165, 1.54) is 0 Å². The average Bonchev–Trinajstić information content (AvgIpc) is 2.86. The van der Waals surface area contributed by atoms with Gasteiger partial charge in [-0.15, -0.1) is 0 Å². The van der Waals surface area contributed by atoms with Crippen molar-refractivity contribution in [3.05, 3.63) is 52.0 Å². The lowest BCUT2D eigenvalue weighted by atomic mass is 10.0. The summed E-state index contributed by atoms with van der Waals surface area (Å²) in [5.74, 6) is 1.20. The third-order valence-corrected chi connectivity index (χ3v) is 4.28. The van der Waals surface area contributed by atoms with Gasteiger partial charge in [-0.05, 0) is 36.8 Å². The summed E-state index contributed by atoms with van der Waals surface area (Å²) in [4.78, 5) is 12.2. The molecular formula is C18H16BrNO3. The van der Waals surface area contributed by atoms with E-state index in [2.05, 4.69) is 21.2 Å². The molecule has 0 radical (unpaired) electrons. The summed E-state index contributed by atoms with van der Waals surface area (Å²) in [5, 5.41) is 2.87. The summed E-state index contributed by atoms with van der Waals surface area (Å²) in [6.07, 6.45) is 1.85. The zero-order valence-corrected chi connectivity index (χ0v) is 14.4. The molecule has 0 saturated heterocycles. The van der Waals surface area contributed by atoms with Gasteiger partial charge in [-0.25, -0.2) is 0 Å². The number of carbonyl (C=O) groups excluding carboxylic acids is 1. The number of para-hydroxylation sites is 1. The Hall–Kier alpha value is -2.27. The summed E-state index contributed by atoms with van der Waals surface area (Å²) in [6.45, 7) is 2.46. The van der Waals surface area contributed by atoms with Crippen molar-refractivity contribution in [2.45, 2.75) is 6.92 Å². The van der Waals surface area contributed by atoms with Crippen LogP contribution >= 0.6 is 15.9 Å². The number of fused-ring (bicyclic) bond motifs is 1. The third-order valence-electron chi connectivity index (χ3n) is 3.59. The first kappa shape index (κ1) is 15.6. The number of carbonyl (C=O) groups is 1. The third kappa shape index (κ3) is 2.97. The fourth-order valence-corrected chi connectivity index (χ4v) is 2.96. The zero-order chi connectivity index (χ0) is 16.4. The van der Waals surface area contributed by atoms with E-state index in [9.17, 15) is 4.79 Å². The first-order valence-corrected chi connectivity index (χ1v) is 8.06. The SMILES string of the molecule is CCOc1cc(/C=C2\C(=O)Nc3ccccc32)c(Br)cc1OC. The van der Waals surface area contributed by atoms with Crippen molar-refractivity contribution in [3.63, 3.8) is 0 Å². The van der Waals surface area contributed by atoms with Gasteiger partial charge in [0.2, 0.25) is 0 Å². The molecule has 0 unspecified atom stereocenters. The van der Waals surface area contributed by atoms with Crippen molar-refractivity contribution in [1.29, 1.82) is 0 Å². The Kier molecular flexibility index (Phi) is 4.39. The molecule has 3 rings (SSSR count). The highest BCUT2D eigenvalue weighted by atomic mass is 79.9. The highest BCUT2D eigenvalue weighted by molar-refractivity contribution is 9.10. The lowest BCUT2D eigenvalue weighted by Gasteiger charge is -2.12. The normalized spacial score (nSPS) is 14.6. The molecule has 0 saturated carbocycles. The van der Waals surface area contributed by atoms with Crippen molar-refractivity contribution >= 4 is 39.2 Å². The van der Waals surface area contributed by atoms with Crippen molar-refractivity contribution in [2.75, 3.05) is 19.0 Å². The van der Waals surface area contributed by atoms with Crippen molar-refractivity contribution < 1.29 is 14.3 Å². The molecule has 118 valence electrons. The molecule has 1 aliphatic heterocycles. The Balaban J connectivity index is 2.09. The minimum absolute atomic E-state index is 0.105. The van der Waals surface area contributed by atoms with Crippen LogP contribution in [0.15, 0.2) is 40.9 Å². The molecule has 2 aromatic carbocycles. The van der Waals surface area contributed by atoms with Gasteiger partial charge in [-0.3, -0.25) is 4.79 Å². The fraction of sp³-hybridized carbons (Fsp3) is 0.167. The maximum Gasteiger partial charge on any atom is 0.256 e. The van der Waals surface area contributed by atoms with Crippen molar-refractivity contribution in [1.82, 2.24) is 0 Å². The molecule has 0 spiro atoms. The van der Waals surface area contributed by atoms with Crippen LogP contribution in [0.5, 0.6) is 11.5 Å². The lowest BCUT2D eigenvalue weighted by molar-refractivity contribution is -0.110. The van der Waals surface area contributed by atoms with Crippen molar-refractivity contribution in [2.24, 2.45) is 0 Å². The number of nitrogens with one attached hydrogen (secondary N) is 1. The maximum atomic E-state index is 12.2. The van der Waals surface area contributed by atoms with E-state index >= 15 is 0 Å². The molecule has 1 N–H and O–H groups in total. The number of ether oxygens (including phenoxy) is 2. The van der Waals surface area contributed by atoms with Crippen LogP contribution < -0.4 is 14.8 Å². The summed E-state index contributed by atoms with van der Waals surface area (Å²) >= 11 is 3.53. The Labute approximate surface area is 143 Å². The quantitative estimate of drug-likeness (QED) is 0.810. The molecule has 0 atom stereocenters. The standard InChI is InChI=1S/C18H16BrNO3/c1-3-23-17-9-11(14(19)10-16(17)22-2)8-13-12-6-4-5-7-15(12)20-18(13)21/h4-10H,3H2,1-2H3,(H,20,21)/b13-8-. The maximum absolute atomic E-state index is 12.2. The monoisotopic (exact) mass is 373 g/mol. The van der Waals surface area contributed by atoms with Crippen LogP contribution in [0.4, 0.5) is 5.69 Å². The van der Waals surface area contributed by atoms with Crippen LogP contribution in [-0.4, -0.2) is 19.6 Å². The van der Waals surface area contributed by atoms with E-state index in [-0.39, 0.29) is 5.91 Å². The fourth-order valence-electron chi connectivity index (χ4n) is 2.53. The smallest absolute Gasteiger partial charge is 0.256 e. The number of hydrogen-bond acceptors (Lipinski definition) is 3. The van der Waals surface area contributed by atoms with E-state index in [0.717, 1.165) is 21.3 Å². The Morgan fingerprint density at radius 2 is 2.00 bits per heavy atom. The van der Waals surface area contributed by atoms with Gasteiger partial charge in [0.15, 0.2) is 11.5 Å². The molecule has 0 fully saturated rings. The van der Waals surface area contributed by atoms with Gasteiger partial charge in [0.1, 0.15) is 0 Å². The van der Waals surface area contributed by atoms with Crippen LogP contribution in [0.1, 0.15) is 18.1 Å². The van der Waals surface area contributed by atoms with Gasteiger partial charge < -0.3 is 14.8 Å². The number of hydrogen-bond donors (Lipinski definition) is 1. The number of halogens is 1. The summed E-state index contributed by atoms with van der Waals surface area (Å²) in [6, 6.07) is 11.4. The summed E-state index contributed by atoms with van der Waals surface area (Å²) in [5.41, 5.74) is 3.22. The van der Waals surface area contributed by atoms with Crippen LogP contribution in [-0.2, 0) is 4.79 Å². The minimum Gasteiger partial charge on any atom is -0.493 e. The van der Waals surface area contributed by atoms with E-state index < -0.39 is 0 Å². The van der Waals surface area contributed by atoms with Gasteiger partial charge >= 0.3 is 0 Å². The topological polar surface area (TPSA) is 47.6 Å². The number of methoxy groups -OCH3 is 1. The van der Waals surface area contributed by atoms with E-state index in [1.54, 1.807) is 7.11 Å². The van der Waals surface area contributed by atoms with Gasteiger partial charge in [-0.2, -0.15) is 0 Å². The van der Waals surface area contributed by atoms with E-state index in [0.29, 0.717) is 23.7 Å². The summed E-state index contributed by atoms with van der Waals surface area (Å²) < 4.78 is 11.8. The van der Waals surface area contributed by atoms with Gasteiger partial charge in [-0.1, -0.05) is 34.1 Å². The second-order valence-corrected chi connectivity index (χ2v) is 5.87. The van der Waals surface area contributed by atoms with Crippen LogP contribution in [0.25, 0.3) is 11.6 Å². The van der Waals surface area contributed by atoms with E-state index in [4.69, 9.17) is 9.47 Å². The lowest BCUT2D eigenvalue weighted by Crippen LogP contribution is -2.03. The van der Waals surface area contributed by atoms with Gasteiger partial charge in [0.25, 0.3) is 5.91 Å². The largest absolute Gasteiger partial charge is 0.493 e. The molecule has 4 nitrogen and oxygen atoms in total. The summed E-state index contributed by atoms with van der Waals surface area (Å²) in [7, 11) is 1.60. The first-order chi connectivity index (χ1) is 11.1. The number of amides is 1. The average molecular weight is 374 g/mol. The highest BCUT2D eigenvalue weighted by Crippen LogP contribution is 2.38. The van der Waals surface area contributed by atoms with Gasteiger partial charge in [0, 0.05) is 21.3 Å². The van der Waals surface area contributed by atoms with Gasteiger partial charge in [0.05, 0.1) is 13.7 Å². The Morgan fingerprint density at radius 1 is 1.22 bits per heavy atom. The molecule has 1 heterocycles. The van der Waals surface area contributed by atoms with Crippen LogP contribution in [0.3, 0.4) is 0 Å². The predicted octanol–water partition coefficient (Wildman–Crippen LogP) is 4.35. The molecule has 0 aliphatic carbocycles. The molecule has 23 heavy (non-hydrogen) atoms. The highest BCUT2D eigenvalue weighted by Gasteiger charge is 2.23. The predicted molar refractivity (Wildman–Crippen MR) is 94.8 cm³/mol. The van der Waals surface area contributed by atoms with Crippen molar-refractivity contribution in [3.8, 4) is 11.5 Å². The Morgan fingerprint density at radius 3 is 2.74 bits per heavy atom. The molecule has 1 aliphatic rings. The number of anilines is 1. The number of benzene rings is 2. The molecule has 2 aromatic rings. The molecule has 5 heteroatoms. The second-order valence-electron chi connectivity index (χ2n) is 5.02. The van der Waals surface area contributed by atoms with Crippen LogP contribution in [0.2, 0.25) is 0 Å². The Bertz CT molecular complexity index is 799. The number of rotatable bonds is 4. The first-order valence-electron chi connectivity index (χ1n) is 7.26. The van der Waals surface area contributed by atoms with Crippen LogP contribution in [0, 0.1) is 0 Å². The second kappa shape index (κ2) is 6.46. The zero-order valence-electron chi connectivity index (χ0n) is 12.9.